The molecule has 2 rings (SSSR count). The van der Waals surface area contributed by atoms with Gasteiger partial charge in [0.1, 0.15) is 5.54 Å². The van der Waals surface area contributed by atoms with Gasteiger partial charge in [0, 0.05) is 19.3 Å². The van der Waals surface area contributed by atoms with Gasteiger partial charge in [0.2, 0.25) is 0 Å². The van der Waals surface area contributed by atoms with Crippen molar-refractivity contribution in [3.8, 4) is 0 Å². The van der Waals surface area contributed by atoms with E-state index in [9.17, 15) is 4.79 Å². The predicted octanol–water partition coefficient (Wildman–Crippen LogP) is 1.71. The van der Waals surface area contributed by atoms with Crippen molar-refractivity contribution in [2.75, 3.05) is 25.6 Å². The number of carbonyl (C=O) groups excluding carboxylic acids is 1. The zero-order valence-electron chi connectivity index (χ0n) is 11.8. The van der Waals surface area contributed by atoms with E-state index in [2.05, 4.69) is 19.1 Å². The maximum atomic E-state index is 12.0. The van der Waals surface area contributed by atoms with Crippen LogP contribution in [0.4, 0.5) is 5.69 Å². The lowest BCUT2D eigenvalue weighted by molar-refractivity contribution is -0.147. The lowest BCUT2D eigenvalue weighted by Gasteiger charge is -2.32. The maximum Gasteiger partial charge on any atom is 0.327 e. The summed E-state index contributed by atoms with van der Waals surface area (Å²) in [7, 11) is 3.36. The van der Waals surface area contributed by atoms with Gasteiger partial charge in [-0.1, -0.05) is 17.7 Å². The second-order valence-corrected chi connectivity index (χ2v) is 5.50. The van der Waals surface area contributed by atoms with E-state index < -0.39 is 5.54 Å². The van der Waals surface area contributed by atoms with Gasteiger partial charge in [-0.05, 0) is 37.8 Å². The normalized spacial score (nSPS) is 17.7. The number of nitrogens with two attached hydrogens (primary N) is 1. The van der Waals surface area contributed by atoms with E-state index in [-0.39, 0.29) is 11.9 Å². The van der Waals surface area contributed by atoms with E-state index in [1.807, 2.05) is 24.1 Å². The Morgan fingerprint density at radius 1 is 1.42 bits per heavy atom. The Kier molecular flexibility index (Phi) is 3.80. The van der Waals surface area contributed by atoms with Gasteiger partial charge in [0.25, 0.3) is 0 Å². The summed E-state index contributed by atoms with van der Waals surface area (Å²) in [6, 6.07) is 8.19. The number of hydrogen-bond acceptors (Lipinski definition) is 4. The molecule has 104 valence electrons. The van der Waals surface area contributed by atoms with Gasteiger partial charge in [-0.3, -0.25) is 0 Å². The largest absolute Gasteiger partial charge is 0.468 e. The molecule has 2 N–H and O–H groups in total. The predicted molar refractivity (Wildman–Crippen MR) is 76.1 cm³/mol. The Bertz CT molecular complexity index is 454. The molecule has 0 heterocycles. The van der Waals surface area contributed by atoms with Crippen molar-refractivity contribution in [1.82, 2.24) is 0 Å². The van der Waals surface area contributed by atoms with Crippen LogP contribution in [0.2, 0.25) is 0 Å². The third-order valence-corrected chi connectivity index (χ3v) is 3.84. The highest BCUT2D eigenvalue weighted by Gasteiger charge is 2.49. The molecule has 0 aliphatic heterocycles. The molecule has 4 nitrogen and oxygen atoms in total. The van der Waals surface area contributed by atoms with Crippen molar-refractivity contribution in [2.45, 2.75) is 25.3 Å². The number of ether oxygens (including phenoxy) is 1. The van der Waals surface area contributed by atoms with Crippen LogP contribution in [-0.4, -0.2) is 32.2 Å². The lowest BCUT2D eigenvalue weighted by atomic mass is 9.93. The molecule has 1 aromatic rings. The van der Waals surface area contributed by atoms with Gasteiger partial charge in [-0.15, -0.1) is 0 Å². The van der Waals surface area contributed by atoms with Crippen LogP contribution in [0.3, 0.4) is 0 Å². The first-order chi connectivity index (χ1) is 8.97. The van der Waals surface area contributed by atoms with Crippen LogP contribution in [0.25, 0.3) is 0 Å². The van der Waals surface area contributed by atoms with Crippen LogP contribution in [0.5, 0.6) is 0 Å². The number of methoxy groups -OCH3 is 1. The first-order valence-corrected chi connectivity index (χ1v) is 6.62. The molecule has 4 heteroatoms. The fourth-order valence-corrected chi connectivity index (χ4v) is 2.43. The third-order valence-electron chi connectivity index (χ3n) is 3.84. The van der Waals surface area contributed by atoms with E-state index in [4.69, 9.17) is 10.5 Å². The molecule has 1 aliphatic carbocycles. The Balaban J connectivity index is 2.13. The summed E-state index contributed by atoms with van der Waals surface area (Å²) in [6.07, 6.45) is 2.01. The van der Waals surface area contributed by atoms with Crippen LogP contribution < -0.4 is 10.6 Å². The highest BCUT2D eigenvalue weighted by Crippen LogP contribution is 2.39. The van der Waals surface area contributed by atoms with Crippen molar-refractivity contribution < 1.29 is 9.53 Å². The summed E-state index contributed by atoms with van der Waals surface area (Å²) in [5.74, 6) is -0.0678. The van der Waals surface area contributed by atoms with Crippen LogP contribution in [0.15, 0.2) is 24.3 Å². The molecule has 1 aromatic carbocycles. The molecular weight excluding hydrogens is 240 g/mol. The van der Waals surface area contributed by atoms with Crippen LogP contribution in [-0.2, 0) is 9.53 Å². The van der Waals surface area contributed by atoms with Crippen molar-refractivity contribution >= 4 is 11.7 Å². The Morgan fingerprint density at radius 3 is 2.47 bits per heavy atom. The fraction of sp³-hybridized carbons (Fsp3) is 0.533. The van der Waals surface area contributed by atoms with Crippen molar-refractivity contribution in [2.24, 2.45) is 11.7 Å². The second-order valence-electron chi connectivity index (χ2n) is 5.50. The molecule has 1 fully saturated rings. The molecule has 1 aliphatic rings. The summed E-state index contributed by atoms with van der Waals surface area (Å²) in [4.78, 5) is 14.0. The van der Waals surface area contributed by atoms with Gasteiger partial charge in [0.05, 0.1) is 7.11 Å². The number of nitrogens with zero attached hydrogens (tertiary/aromatic N) is 1. The van der Waals surface area contributed by atoms with E-state index in [1.54, 1.807) is 0 Å². The van der Waals surface area contributed by atoms with Gasteiger partial charge < -0.3 is 15.4 Å². The third kappa shape index (κ3) is 2.89. The number of likely N-dealkylation sites (N-methyl/N-ethyl adjacent to an activating group) is 1. The first kappa shape index (κ1) is 13.9. The zero-order chi connectivity index (χ0) is 14.0. The number of anilines is 1. The van der Waals surface area contributed by atoms with Crippen LogP contribution in [0, 0.1) is 12.8 Å². The number of esters is 1. The van der Waals surface area contributed by atoms with Gasteiger partial charge in [0.15, 0.2) is 0 Å². The molecule has 1 atom stereocenters. The summed E-state index contributed by atoms with van der Waals surface area (Å²) in [5.41, 5.74) is 7.69. The highest BCUT2D eigenvalue weighted by atomic mass is 16.5. The van der Waals surface area contributed by atoms with Crippen molar-refractivity contribution in [3.05, 3.63) is 29.8 Å². The Hall–Kier alpha value is -1.55. The molecule has 0 amide bonds. The zero-order valence-corrected chi connectivity index (χ0v) is 11.8. The SMILES string of the molecule is COC(=O)C(N)(CN(C)c1ccc(C)cc1)C1CC1. The molecule has 0 bridgehead atoms. The lowest BCUT2D eigenvalue weighted by Crippen LogP contribution is -2.58. The average Bonchev–Trinajstić information content (AvgIpc) is 3.22. The molecule has 0 saturated heterocycles. The minimum absolute atomic E-state index is 0.243. The second kappa shape index (κ2) is 5.21. The topological polar surface area (TPSA) is 55.6 Å². The summed E-state index contributed by atoms with van der Waals surface area (Å²) in [5, 5.41) is 0. The number of hydrogen-bond donors (Lipinski definition) is 1. The molecular formula is C15H22N2O2. The number of benzene rings is 1. The smallest absolute Gasteiger partial charge is 0.327 e. The molecule has 19 heavy (non-hydrogen) atoms. The van der Waals surface area contributed by atoms with E-state index in [1.165, 1.54) is 12.7 Å². The van der Waals surface area contributed by atoms with Gasteiger partial charge in [-0.25, -0.2) is 4.79 Å². The Morgan fingerprint density at radius 2 is 2.00 bits per heavy atom. The van der Waals surface area contributed by atoms with Gasteiger partial charge >= 0.3 is 5.97 Å². The van der Waals surface area contributed by atoms with Gasteiger partial charge in [-0.2, -0.15) is 0 Å². The molecule has 0 aromatic heterocycles. The average molecular weight is 262 g/mol. The summed E-state index contributed by atoms with van der Waals surface area (Å²) in [6.45, 7) is 2.53. The van der Waals surface area contributed by atoms with Crippen molar-refractivity contribution in [3.63, 3.8) is 0 Å². The standard InChI is InChI=1S/C15H22N2O2/c1-11-4-8-13(9-5-11)17(2)10-15(16,12-6-7-12)14(18)19-3/h4-5,8-9,12H,6-7,10,16H2,1-3H3. The van der Waals surface area contributed by atoms with E-state index in [0.717, 1.165) is 18.5 Å². The maximum absolute atomic E-state index is 12.0. The molecule has 0 spiro atoms. The first-order valence-electron chi connectivity index (χ1n) is 6.62. The van der Waals surface area contributed by atoms with Crippen LogP contribution >= 0.6 is 0 Å². The number of rotatable bonds is 5. The highest BCUT2D eigenvalue weighted by molar-refractivity contribution is 5.82. The number of aryl methyl sites for hydroxylation is 1. The Labute approximate surface area is 114 Å². The minimum Gasteiger partial charge on any atom is -0.468 e. The van der Waals surface area contributed by atoms with E-state index >= 15 is 0 Å². The minimum atomic E-state index is -0.894. The molecule has 1 unspecified atom stereocenters. The quantitative estimate of drug-likeness (QED) is 0.821. The van der Waals surface area contributed by atoms with Crippen LogP contribution in [0.1, 0.15) is 18.4 Å². The van der Waals surface area contributed by atoms with Crippen molar-refractivity contribution in [1.29, 1.82) is 0 Å². The molecule has 1 saturated carbocycles. The summed E-state index contributed by atoms with van der Waals surface area (Å²) < 4.78 is 4.88. The van der Waals surface area contributed by atoms with E-state index in [0.29, 0.717) is 6.54 Å². The molecule has 0 radical (unpaired) electrons. The summed E-state index contributed by atoms with van der Waals surface area (Å²) >= 11 is 0. The fourth-order valence-electron chi connectivity index (χ4n) is 2.43. The monoisotopic (exact) mass is 262 g/mol. The number of carbonyl (C=O) groups is 1.